The fraction of sp³-hybridized carbons (Fsp3) is 0.100. The van der Waals surface area contributed by atoms with E-state index in [1.54, 1.807) is 17.4 Å². The highest BCUT2D eigenvalue weighted by Gasteiger charge is 2.09. The Hall–Kier alpha value is -0.380. The number of hydrogen-bond acceptors (Lipinski definition) is 2. The standard InChI is InChI=1S/C10H6BrClOS/c11-3-6-5-14-10-7(6)1-2-9(12)8(10)4-13/h1-2,4-5H,3H2. The first kappa shape index (κ1) is 10.1. The van der Waals surface area contributed by atoms with Crippen molar-refractivity contribution in [3.63, 3.8) is 0 Å². The summed E-state index contributed by atoms with van der Waals surface area (Å²) in [6, 6.07) is 3.73. The van der Waals surface area contributed by atoms with E-state index in [0.29, 0.717) is 10.6 Å². The van der Waals surface area contributed by atoms with Gasteiger partial charge in [-0.05, 0) is 22.4 Å². The Kier molecular flexibility index (Phi) is 2.91. The van der Waals surface area contributed by atoms with Crippen molar-refractivity contribution in [2.45, 2.75) is 5.33 Å². The van der Waals surface area contributed by atoms with Gasteiger partial charge < -0.3 is 0 Å². The summed E-state index contributed by atoms with van der Waals surface area (Å²) >= 11 is 10.9. The molecule has 1 aromatic heterocycles. The van der Waals surface area contributed by atoms with Gasteiger partial charge in [0.25, 0.3) is 0 Å². The normalized spacial score (nSPS) is 10.7. The molecule has 0 N–H and O–H groups in total. The van der Waals surface area contributed by atoms with E-state index >= 15 is 0 Å². The number of benzene rings is 1. The molecule has 0 bridgehead atoms. The summed E-state index contributed by atoms with van der Waals surface area (Å²) in [5.41, 5.74) is 1.80. The maximum absolute atomic E-state index is 10.8. The lowest BCUT2D eigenvalue weighted by Gasteiger charge is -1.98. The second-order valence-corrected chi connectivity index (χ2v) is 4.70. The number of carbonyl (C=O) groups excluding carboxylic acids is 1. The van der Waals surface area contributed by atoms with Crippen molar-refractivity contribution in [3.8, 4) is 0 Å². The van der Waals surface area contributed by atoms with Crippen LogP contribution in [0.2, 0.25) is 5.02 Å². The fourth-order valence-electron chi connectivity index (χ4n) is 1.36. The van der Waals surface area contributed by atoms with Gasteiger partial charge in [-0.2, -0.15) is 0 Å². The predicted octanol–water partition coefficient (Wildman–Crippen LogP) is 4.26. The maximum Gasteiger partial charge on any atom is 0.152 e. The van der Waals surface area contributed by atoms with Gasteiger partial charge in [0.2, 0.25) is 0 Å². The molecular formula is C10H6BrClOS. The summed E-state index contributed by atoms with van der Waals surface area (Å²) in [6.07, 6.45) is 0.819. The third-order valence-corrected chi connectivity index (χ3v) is 4.08. The van der Waals surface area contributed by atoms with Gasteiger partial charge in [0.05, 0.1) is 10.6 Å². The molecule has 2 aromatic rings. The van der Waals surface area contributed by atoms with Crippen LogP contribution in [0.3, 0.4) is 0 Å². The van der Waals surface area contributed by atoms with Gasteiger partial charge in [-0.15, -0.1) is 11.3 Å². The van der Waals surface area contributed by atoms with Crippen LogP contribution in [0.25, 0.3) is 10.1 Å². The van der Waals surface area contributed by atoms with Crippen LogP contribution in [-0.2, 0) is 5.33 Å². The minimum Gasteiger partial charge on any atom is -0.298 e. The topological polar surface area (TPSA) is 17.1 Å². The first-order chi connectivity index (χ1) is 6.77. The molecule has 1 aromatic carbocycles. The largest absolute Gasteiger partial charge is 0.298 e. The van der Waals surface area contributed by atoms with Crippen LogP contribution in [-0.4, -0.2) is 6.29 Å². The van der Waals surface area contributed by atoms with Gasteiger partial charge >= 0.3 is 0 Å². The van der Waals surface area contributed by atoms with Crippen LogP contribution in [0.4, 0.5) is 0 Å². The highest BCUT2D eigenvalue weighted by atomic mass is 79.9. The van der Waals surface area contributed by atoms with Gasteiger partial charge in [0.15, 0.2) is 6.29 Å². The molecule has 0 atom stereocenters. The highest BCUT2D eigenvalue weighted by molar-refractivity contribution is 9.08. The minimum absolute atomic E-state index is 0.524. The molecule has 0 radical (unpaired) electrons. The Morgan fingerprint density at radius 1 is 1.50 bits per heavy atom. The summed E-state index contributed by atoms with van der Waals surface area (Å²) in [5.74, 6) is 0. The van der Waals surface area contributed by atoms with Crippen LogP contribution in [0, 0.1) is 0 Å². The quantitative estimate of drug-likeness (QED) is 0.596. The molecule has 2 rings (SSSR count). The molecule has 4 heteroatoms. The monoisotopic (exact) mass is 288 g/mol. The molecule has 14 heavy (non-hydrogen) atoms. The molecule has 0 fully saturated rings. The second kappa shape index (κ2) is 4.01. The Labute approximate surface area is 98.8 Å². The van der Waals surface area contributed by atoms with E-state index in [1.807, 2.05) is 11.4 Å². The third kappa shape index (κ3) is 1.49. The first-order valence-corrected chi connectivity index (χ1v) is 6.35. The number of rotatable bonds is 2. The number of carbonyl (C=O) groups is 1. The van der Waals surface area contributed by atoms with Crippen molar-refractivity contribution in [2.24, 2.45) is 0 Å². The Morgan fingerprint density at radius 3 is 2.93 bits per heavy atom. The summed E-state index contributed by atoms with van der Waals surface area (Å²) < 4.78 is 0.974. The number of halogens is 2. The van der Waals surface area contributed by atoms with Crippen LogP contribution in [0.15, 0.2) is 17.5 Å². The SMILES string of the molecule is O=Cc1c(Cl)ccc2c(CBr)csc12. The molecule has 1 nitrogen and oxygen atoms in total. The molecular weight excluding hydrogens is 284 g/mol. The van der Waals surface area contributed by atoms with Crippen molar-refractivity contribution in [1.82, 2.24) is 0 Å². The summed E-state index contributed by atoms with van der Waals surface area (Å²) in [6.45, 7) is 0. The third-order valence-electron chi connectivity index (χ3n) is 2.07. The van der Waals surface area contributed by atoms with Gasteiger partial charge in [-0.1, -0.05) is 33.6 Å². The lowest BCUT2D eigenvalue weighted by molar-refractivity contribution is 0.112. The van der Waals surface area contributed by atoms with E-state index < -0.39 is 0 Å². The molecule has 0 saturated heterocycles. The molecule has 0 amide bonds. The van der Waals surface area contributed by atoms with E-state index in [0.717, 1.165) is 21.7 Å². The minimum atomic E-state index is 0.524. The van der Waals surface area contributed by atoms with E-state index in [1.165, 1.54) is 5.56 Å². The van der Waals surface area contributed by atoms with Crippen LogP contribution < -0.4 is 0 Å². The zero-order chi connectivity index (χ0) is 10.1. The fourth-order valence-corrected chi connectivity index (χ4v) is 3.38. The summed E-state index contributed by atoms with van der Waals surface area (Å²) in [4.78, 5) is 10.8. The first-order valence-electron chi connectivity index (χ1n) is 3.97. The van der Waals surface area contributed by atoms with Crippen molar-refractivity contribution in [3.05, 3.63) is 33.7 Å². The lowest BCUT2D eigenvalue weighted by Crippen LogP contribution is -1.82. The molecule has 0 aliphatic heterocycles. The van der Waals surface area contributed by atoms with Crippen LogP contribution >= 0.6 is 38.9 Å². The Balaban J connectivity index is 2.83. The molecule has 0 aliphatic rings. The van der Waals surface area contributed by atoms with Gasteiger partial charge in [-0.25, -0.2) is 0 Å². The van der Waals surface area contributed by atoms with Gasteiger partial charge in [0, 0.05) is 10.0 Å². The predicted molar refractivity (Wildman–Crippen MR) is 64.9 cm³/mol. The Morgan fingerprint density at radius 2 is 2.29 bits per heavy atom. The zero-order valence-corrected chi connectivity index (χ0v) is 10.2. The van der Waals surface area contributed by atoms with Crippen LogP contribution in [0.1, 0.15) is 15.9 Å². The Bertz CT molecular complexity index is 492. The van der Waals surface area contributed by atoms with Gasteiger partial charge in [-0.3, -0.25) is 4.79 Å². The summed E-state index contributed by atoms with van der Waals surface area (Å²) in [5, 5.41) is 4.48. The number of hydrogen-bond donors (Lipinski definition) is 0. The summed E-state index contributed by atoms with van der Waals surface area (Å²) in [7, 11) is 0. The number of alkyl halides is 1. The lowest BCUT2D eigenvalue weighted by atomic mass is 10.1. The molecule has 72 valence electrons. The average Bonchev–Trinajstić information content (AvgIpc) is 2.60. The smallest absolute Gasteiger partial charge is 0.152 e. The van der Waals surface area contributed by atoms with Crippen molar-refractivity contribution in [1.29, 1.82) is 0 Å². The molecule has 0 aliphatic carbocycles. The maximum atomic E-state index is 10.8. The zero-order valence-electron chi connectivity index (χ0n) is 7.09. The van der Waals surface area contributed by atoms with E-state index in [4.69, 9.17) is 11.6 Å². The number of thiophene rings is 1. The highest BCUT2D eigenvalue weighted by Crippen LogP contribution is 2.33. The van der Waals surface area contributed by atoms with E-state index in [9.17, 15) is 4.79 Å². The van der Waals surface area contributed by atoms with Crippen molar-refractivity contribution in [2.75, 3.05) is 0 Å². The average molecular weight is 290 g/mol. The van der Waals surface area contributed by atoms with Crippen LogP contribution in [0.5, 0.6) is 0 Å². The number of aldehydes is 1. The molecule has 0 unspecified atom stereocenters. The van der Waals surface area contributed by atoms with Crippen molar-refractivity contribution >= 4 is 55.2 Å². The molecule has 1 heterocycles. The second-order valence-electron chi connectivity index (χ2n) is 2.85. The van der Waals surface area contributed by atoms with E-state index in [-0.39, 0.29) is 0 Å². The molecule has 0 saturated carbocycles. The number of fused-ring (bicyclic) bond motifs is 1. The van der Waals surface area contributed by atoms with Crippen molar-refractivity contribution < 1.29 is 4.79 Å². The van der Waals surface area contributed by atoms with E-state index in [2.05, 4.69) is 15.9 Å². The molecule has 0 spiro atoms. The van der Waals surface area contributed by atoms with Gasteiger partial charge in [0.1, 0.15) is 0 Å².